The van der Waals surface area contributed by atoms with Gasteiger partial charge in [0.25, 0.3) is 0 Å². The smallest absolute Gasteiger partial charge is 0.319 e. The molecule has 0 aromatic carbocycles. The number of carbonyl (C=O) groups is 1. The first-order valence-corrected chi connectivity index (χ1v) is 8.15. The molecule has 23 heavy (non-hydrogen) atoms. The monoisotopic (exact) mass is 319 g/mol. The van der Waals surface area contributed by atoms with Crippen LogP contribution in [-0.2, 0) is 16.1 Å². The van der Waals surface area contributed by atoms with E-state index < -0.39 is 0 Å². The maximum Gasteiger partial charge on any atom is 0.319 e. The van der Waals surface area contributed by atoms with E-state index in [9.17, 15) is 4.79 Å². The third-order valence-electron chi connectivity index (χ3n) is 4.80. The molecule has 2 fully saturated rings. The maximum absolute atomic E-state index is 12.3. The SMILES string of the molecule is CN(C)C(=O)N1CC[C@H]2OCC[C@@]2(COCc2cccnc2)C1. The van der Waals surface area contributed by atoms with Crippen LogP contribution in [0.3, 0.4) is 0 Å². The van der Waals surface area contributed by atoms with E-state index in [4.69, 9.17) is 9.47 Å². The van der Waals surface area contributed by atoms with Gasteiger partial charge in [-0.05, 0) is 24.5 Å². The third kappa shape index (κ3) is 3.48. The molecule has 2 aliphatic rings. The summed E-state index contributed by atoms with van der Waals surface area (Å²) in [6, 6.07) is 3.99. The molecule has 3 rings (SSSR count). The first-order chi connectivity index (χ1) is 11.1. The molecule has 1 aromatic rings. The summed E-state index contributed by atoms with van der Waals surface area (Å²) >= 11 is 0. The van der Waals surface area contributed by atoms with Crippen LogP contribution in [0.2, 0.25) is 0 Å². The summed E-state index contributed by atoms with van der Waals surface area (Å²) in [5.74, 6) is 0. The highest BCUT2D eigenvalue weighted by Crippen LogP contribution is 2.41. The van der Waals surface area contributed by atoms with Crippen molar-refractivity contribution in [2.45, 2.75) is 25.6 Å². The zero-order valence-corrected chi connectivity index (χ0v) is 13.9. The van der Waals surface area contributed by atoms with E-state index in [1.54, 1.807) is 25.2 Å². The largest absolute Gasteiger partial charge is 0.377 e. The van der Waals surface area contributed by atoms with Gasteiger partial charge in [0.15, 0.2) is 0 Å². The molecule has 2 saturated heterocycles. The standard InChI is InChI=1S/C17H25N3O3/c1-19(2)16(21)20-8-5-15-17(12-20,6-9-23-15)13-22-11-14-4-3-7-18-10-14/h3-4,7,10,15H,5-6,8-9,11-13H2,1-2H3/t15-,17+/m1/s1. The van der Waals surface area contributed by atoms with E-state index in [0.29, 0.717) is 19.8 Å². The molecule has 2 amide bonds. The predicted molar refractivity (Wildman–Crippen MR) is 86.0 cm³/mol. The van der Waals surface area contributed by atoms with Crippen LogP contribution in [0.25, 0.3) is 0 Å². The highest BCUT2D eigenvalue weighted by molar-refractivity contribution is 5.74. The van der Waals surface area contributed by atoms with Gasteiger partial charge in [0.2, 0.25) is 0 Å². The molecule has 0 aliphatic carbocycles. The first-order valence-electron chi connectivity index (χ1n) is 8.15. The molecule has 0 unspecified atom stereocenters. The molecule has 0 bridgehead atoms. The van der Waals surface area contributed by atoms with E-state index in [2.05, 4.69) is 4.98 Å². The van der Waals surface area contributed by atoms with Crippen LogP contribution in [0.5, 0.6) is 0 Å². The Morgan fingerprint density at radius 3 is 3.17 bits per heavy atom. The van der Waals surface area contributed by atoms with E-state index in [-0.39, 0.29) is 17.6 Å². The summed E-state index contributed by atoms with van der Waals surface area (Å²) in [5, 5.41) is 0. The van der Waals surface area contributed by atoms with E-state index >= 15 is 0 Å². The second-order valence-electron chi connectivity index (χ2n) is 6.71. The van der Waals surface area contributed by atoms with Crippen molar-refractivity contribution in [1.29, 1.82) is 0 Å². The topological polar surface area (TPSA) is 54.9 Å². The van der Waals surface area contributed by atoms with Crippen molar-refractivity contribution in [3.05, 3.63) is 30.1 Å². The molecule has 126 valence electrons. The molecule has 0 saturated carbocycles. The number of rotatable bonds is 4. The Morgan fingerprint density at radius 1 is 1.57 bits per heavy atom. The minimum Gasteiger partial charge on any atom is -0.377 e. The van der Waals surface area contributed by atoms with Crippen molar-refractivity contribution in [3.8, 4) is 0 Å². The van der Waals surface area contributed by atoms with Gasteiger partial charge in [0, 0.05) is 51.6 Å². The quantitative estimate of drug-likeness (QED) is 0.848. The highest BCUT2D eigenvalue weighted by atomic mass is 16.5. The fourth-order valence-electron chi connectivity index (χ4n) is 3.56. The Labute approximate surface area is 137 Å². The van der Waals surface area contributed by atoms with Gasteiger partial charge in [-0.25, -0.2) is 4.79 Å². The summed E-state index contributed by atoms with van der Waals surface area (Å²) in [7, 11) is 3.59. The number of nitrogens with zero attached hydrogens (tertiary/aromatic N) is 3. The number of aromatic nitrogens is 1. The Bertz CT molecular complexity index is 537. The first kappa shape index (κ1) is 16.2. The van der Waals surface area contributed by atoms with Gasteiger partial charge in [0.1, 0.15) is 0 Å². The molecule has 1 aromatic heterocycles. The van der Waals surface area contributed by atoms with Crippen LogP contribution in [0, 0.1) is 5.41 Å². The fourth-order valence-corrected chi connectivity index (χ4v) is 3.56. The number of likely N-dealkylation sites (tertiary alicyclic amines) is 1. The minimum absolute atomic E-state index is 0.0713. The molecular weight excluding hydrogens is 294 g/mol. The minimum atomic E-state index is -0.0773. The van der Waals surface area contributed by atoms with Gasteiger partial charge >= 0.3 is 6.03 Å². The van der Waals surface area contributed by atoms with Gasteiger partial charge in [-0.2, -0.15) is 0 Å². The van der Waals surface area contributed by atoms with Crippen LogP contribution in [-0.4, -0.2) is 67.3 Å². The number of piperidine rings is 1. The van der Waals surface area contributed by atoms with E-state index in [1.807, 2.05) is 23.2 Å². The van der Waals surface area contributed by atoms with Crippen molar-refractivity contribution in [1.82, 2.24) is 14.8 Å². The summed E-state index contributed by atoms with van der Waals surface area (Å²) in [4.78, 5) is 20.0. The van der Waals surface area contributed by atoms with Crippen molar-refractivity contribution < 1.29 is 14.3 Å². The van der Waals surface area contributed by atoms with Gasteiger partial charge in [0.05, 0.1) is 19.3 Å². The predicted octanol–water partition coefficient (Wildman–Crippen LogP) is 1.76. The lowest BCUT2D eigenvalue weighted by atomic mass is 9.77. The van der Waals surface area contributed by atoms with Crippen LogP contribution >= 0.6 is 0 Å². The summed E-state index contributed by atoms with van der Waals surface area (Å²) in [6.07, 6.45) is 5.61. The van der Waals surface area contributed by atoms with Crippen LogP contribution in [0.4, 0.5) is 4.79 Å². The lowest BCUT2D eigenvalue weighted by Crippen LogP contribution is -2.55. The van der Waals surface area contributed by atoms with Gasteiger partial charge in [-0.1, -0.05) is 6.07 Å². The average Bonchev–Trinajstić information content (AvgIpc) is 2.98. The number of fused-ring (bicyclic) bond motifs is 1. The zero-order valence-electron chi connectivity index (χ0n) is 13.9. The van der Waals surface area contributed by atoms with Crippen LogP contribution < -0.4 is 0 Å². The number of urea groups is 1. The fraction of sp³-hybridized carbons (Fsp3) is 0.647. The van der Waals surface area contributed by atoms with Gasteiger partial charge in [-0.15, -0.1) is 0 Å². The Morgan fingerprint density at radius 2 is 2.43 bits per heavy atom. The molecule has 3 heterocycles. The molecular formula is C17H25N3O3. The van der Waals surface area contributed by atoms with E-state index in [0.717, 1.165) is 31.6 Å². The second-order valence-corrected chi connectivity index (χ2v) is 6.71. The molecule has 6 nitrogen and oxygen atoms in total. The zero-order chi connectivity index (χ0) is 16.3. The Kier molecular flexibility index (Phi) is 4.82. The van der Waals surface area contributed by atoms with Crippen molar-refractivity contribution in [3.63, 3.8) is 0 Å². The lowest BCUT2D eigenvalue weighted by Gasteiger charge is -2.44. The lowest BCUT2D eigenvalue weighted by molar-refractivity contribution is -0.0593. The van der Waals surface area contributed by atoms with Crippen molar-refractivity contribution in [2.24, 2.45) is 5.41 Å². The van der Waals surface area contributed by atoms with Gasteiger partial charge < -0.3 is 19.3 Å². The summed E-state index contributed by atoms with van der Waals surface area (Å²) in [5.41, 5.74) is 0.989. The average molecular weight is 319 g/mol. The number of hydrogen-bond acceptors (Lipinski definition) is 4. The molecule has 2 aliphatic heterocycles. The van der Waals surface area contributed by atoms with Crippen LogP contribution in [0.15, 0.2) is 24.5 Å². The van der Waals surface area contributed by atoms with Crippen molar-refractivity contribution in [2.75, 3.05) is 40.4 Å². The maximum atomic E-state index is 12.3. The molecule has 0 radical (unpaired) electrons. The molecule has 0 N–H and O–H groups in total. The van der Waals surface area contributed by atoms with Crippen LogP contribution in [0.1, 0.15) is 18.4 Å². The number of ether oxygens (including phenoxy) is 2. The molecule has 2 atom stereocenters. The second kappa shape index (κ2) is 6.84. The molecule has 0 spiro atoms. The highest BCUT2D eigenvalue weighted by Gasteiger charge is 2.49. The summed E-state index contributed by atoms with van der Waals surface area (Å²) < 4.78 is 11.9. The normalized spacial score (nSPS) is 26.9. The molecule has 6 heteroatoms. The number of amides is 2. The number of pyridine rings is 1. The summed E-state index contributed by atoms with van der Waals surface area (Å²) in [6.45, 7) is 3.38. The third-order valence-corrected chi connectivity index (χ3v) is 4.80. The Balaban J connectivity index is 1.63. The van der Waals surface area contributed by atoms with E-state index in [1.165, 1.54) is 0 Å². The van der Waals surface area contributed by atoms with Gasteiger partial charge in [-0.3, -0.25) is 4.98 Å². The Hall–Kier alpha value is -1.66. The number of hydrogen-bond donors (Lipinski definition) is 0. The van der Waals surface area contributed by atoms with Crippen molar-refractivity contribution >= 4 is 6.03 Å². The number of carbonyl (C=O) groups excluding carboxylic acids is 1.